The minimum absolute atomic E-state index is 0.0987. The number of amides is 2. The van der Waals surface area contributed by atoms with Crippen molar-refractivity contribution < 1.29 is 17.9 Å². The maximum absolute atomic E-state index is 12.3. The number of fused-ring (bicyclic) bond motifs is 1. The molecule has 1 aromatic carbocycles. The number of carbonyl (C=O) groups excluding carboxylic acids is 1. The Bertz CT molecular complexity index is 745. The Kier molecular flexibility index (Phi) is 6.16. The molecule has 0 bridgehead atoms. The minimum atomic E-state index is -3.21. The maximum Gasteiger partial charge on any atom is 0.319 e. The van der Waals surface area contributed by atoms with Crippen LogP contribution in [0.2, 0.25) is 0 Å². The van der Waals surface area contributed by atoms with Crippen molar-refractivity contribution in [3.63, 3.8) is 0 Å². The standard InChI is InChI=1S/C18H27N3O4S/c1-2-10-26(23,24)21-8-7-14-5-6-16(11-15(14)13-21)20-18(22)19-12-17-4-3-9-25-17/h5-6,11,17H,2-4,7-10,12-13H2,1H3,(H2,19,20,22). The van der Waals surface area contributed by atoms with Gasteiger partial charge in [0.15, 0.2) is 0 Å². The number of hydrogen-bond donors (Lipinski definition) is 2. The Balaban J connectivity index is 1.60. The van der Waals surface area contributed by atoms with E-state index < -0.39 is 10.0 Å². The highest BCUT2D eigenvalue weighted by molar-refractivity contribution is 7.89. The van der Waals surface area contributed by atoms with Gasteiger partial charge >= 0.3 is 6.03 Å². The summed E-state index contributed by atoms with van der Waals surface area (Å²) < 4.78 is 31.6. The molecular weight excluding hydrogens is 354 g/mol. The van der Waals surface area contributed by atoms with E-state index >= 15 is 0 Å². The fourth-order valence-electron chi connectivity index (χ4n) is 3.42. The lowest BCUT2D eigenvalue weighted by molar-refractivity contribution is 0.112. The molecule has 1 saturated heterocycles. The number of ether oxygens (including phenoxy) is 1. The number of urea groups is 1. The van der Waals surface area contributed by atoms with Gasteiger partial charge in [-0.3, -0.25) is 0 Å². The van der Waals surface area contributed by atoms with Crippen LogP contribution < -0.4 is 10.6 Å². The maximum atomic E-state index is 12.3. The lowest BCUT2D eigenvalue weighted by Crippen LogP contribution is -2.37. The molecule has 0 spiro atoms. The van der Waals surface area contributed by atoms with Crippen LogP contribution >= 0.6 is 0 Å². The van der Waals surface area contributed by atoms with Crippen molar-refractivity contribution in [2.24, 2.45) is 0 Å². The molecular formula is C18H27N3O4S. The SMILES string of the molecule is CCCS(=O)(=O)N1CCc2ccc(NC(=O)NCC3CCCO3)cc2C1. The predicted molar refractivity (Wildman–Crippen MR) is 101 cm³/mol. The topological polar surface area (TPSA) is 87.7 Å². The summed E-state index contributed by atoms with van der Waals surface area (Å²) in [5.41, 5.74) is 2.76. The first kappa shape index (κ1) is 19.1. The number of nitrogens with one attached hydrogen (secondary N) is 2. The Hall–Kier alpha value is -1.64. The molecule has 1 aromatic rings. The molecule has 1 atom stereocenters. The van der Waals surface area contributed by atoms with Crippen LogP contribution in [0.1, 0.15) is 37.3 Å². The third kappa shape index (κ3) is 4.75. The van der Waals surface area contributed by atoms with Crippen molar-refractivity contribution in [2.45, 2.75) is 45.3 Å². The molecule has 8 heteroatoms. The zero-order valence-corrected chi connectivity index (χ0v) is 16.0. The van der Waals surface area contributed by atoms with Gasteiger partial charge in [0, 0.05) is 31.9 Å². The summed E-state index contributed by atoms with van der Waals surface area (Å²) in [6.45, 7) is 4.01. The molecule has 2 N–H and O–H groups in total. The molecule has 0 aliphatic carbocycles. The van der Waals surface area contributed by atoms with Gasteiger partial charge in [0.2, 0.25) is 10.0 Å². The van der Waals surface area contributed by atoms with Crippen LogP contribution in [0.5, 0.6) is 0 Å². The lowest BCUT2D eigenvalue weighted by Gasteiger charge is -2.28. The second kappa shape index (κ2) is 8.37. The third-order valence-electron chi connectivity index (χ3n) is 4.81. The fourth-order valence-corrected chi connectivity index (χ4v) is 4.90. The summed E-state index contributed by atoms with van der Waals surface area (Å²) in [5.74, 6) is 0.173. The van der Waals surface area contributed by atoms with Gasteiger partial charge in [0.1, 0.15) is 0 Å². The molecule has 7 nitrogen and oxygen atoms in total. The molecule has 0 saturated carbocycles. The van der Waals surface area contributed by atoms with Crippen LogP contribution in [-0.4, -0.2) is 50.3 Å². The number of rotatable bonds is 6. The van der Waals surface area contributed by atoms with E-state index in [1.807, 2.05) is 25.1 Å². The van der Waals surface area contributed by atoms with Crippen LogP contribution in [0.3, 0.4) is 0 Å². The highest BCUT2D eigenvalue weighted by Gasteiger charge is 2.26. The first-order chi connectivity index (χ1) is 12.5. The van der Waals surface area contributed by atoms with E-state index in [2.05, 4.69) is 10.6 Å². The second-order valence-electron chi connectivity index (χ2n) is 6.85. The minimum Gasteiger partial charge on any atom is -0.376 e. The van der Waals surface area contributed by atoms with Crippen LogP contribution in [0, 0.1) is 0 Å². The molecule has 0 radical (unpaired) electrons. The van der Waals surface area contributed by atoms with Crippen LogP contribution in [-0.2, 0) is 27.7 Å². The number of carbonyl (C=O) groups is 1. The summed E-state index contributed by atoms with van der Waals surface area (Å²) in [5, 5.41) is 5.64. The number of sulfonamides is 1. The Labute approximate surface area is 155 Å². The van der Waals surface area contributed by atoms with E-state index in [0.717, 1.165) is 30.6 Å². The number of anilines is 1. The van der Waals surface area contributed by atoms with Gasteiger partial charge in [-0.05, 0) is 48.9 Å². The summed E-state index contributed by atoms with van der Waals surface area (Å²) in [7, 11) is -3.21. The largest absolute Gasteiger partial charge is 0.376 e. The van der Waals surface area contributed by atoms with E-state index in [-0.39, 0.29) is 17.9 Å². The first-order valence-electron chi connectivity index (χ1n) is 9.24. The van der Waals surface area contributed by atoms with Crippen molar-refractivity contribution >= 4 is 21.7 Å². The van der Waals surface area contributed by atoms with Crippen molar-refractivity contribution in [1.29, 1.82) is 0 Å². The molecule has 3 rings (SSSR count). The molecule has 2 amide bonds. The highest BCUT2D eigenvalue weighted by atomic mass is 32.2. The Morgan fingerprint density at radius 2 is 2.19 bits per heavy atom. The van der Waals surface area contributed by atoms with Crippen molar-refractivity contribution in [3.05, 3.63) is 29.3 Å². The van der Waals surface area contributed by atoms with Crippen molar-refractivity contribution in [1.82, 2.24) is 9.62 Å². The van der Waals surface area contributed by atoms with Crippen LogP contribution in [0.15, 0.2) is 18.2 Å². The third-order valence-corrected chi connectivity index (χ3v) is 6.83. The molecule has 26 heavy (non-hydrogen) atoms. The van der Waals surface area contributed by atoms with E-state index in [0.29, 0.717) is 38.2 Å². The molecule has 1 fully saturated rings. The van der Waals surface area contributed by atoms with Crippen LogP contribution in [0.25, 0.3) is 0 Å². The zero-order chi connectivity index (χ0) is 18.6. The van der Waals surface area contributed by atoms with E-state index in [1.165, 1.54) is 0 Å². The normalized spacial score (nSPS) is 20.6. The lowest BCUT2D eigenvalue weighted by atomic mass is 10.0. The van der Waals surface area contributed by atoms with Crippen molar-refractivity contribution in [3.8, 4) is 0 Å². The second-order valence-corrected chi connectivity index (χ2v) is 8.94. The Morgan fingerprint density at radius 3 is 2.92 bits per heavy atom. The van der Waals surface area contributed by atoms with Gasteiger partial charge in [-0.25, -0.2) is 13.2 Å². The zero-order valence-electron chi connectivity index (χ0n) is 15.2. The quantitative estimate of drug-likeness (QED) is 0.790. The van der Waals surface area contributed by atoms with Gasteiger partial charge in [0.25, 0.3) is 0 Å². The fraction of sp³-hybridized carbons (Fsp3) is 0.611. The number of benzene rings is 1. The summed E-state index contributed by atoms with van der Waals surface area (Å²) in [6.07, 6.45) is 3.42. The summed E-state index contributed by atoms with van der Waals surface area (Å²) >= 11 is 0. The van der Waals surface area contributed by atoms with E-state index in [1.54, 1.807) is 4.31 Å². The number of hydrogen-bond acceptors (Lipinski definition) is 4. The average Bonchev–Trinajstić information content (AvgIpc) is 3.13. The number of nitrogens with zero attached hydrogens (tertiary/aromatic N) is 1. The van der Waals surface area contributed by atoms with Crippen molar-refractivity contribution in [2.75, 3.05) is 30.8 Å². The van der Waals surface area contributed by atoms with Gasteiger partial charge in [-0.15, -0.1) is 0 Å². The molecule has 2 aliphatic rings. The molecule has 144 valence electrons. The highest BCUT2D eigenvalue weighted by Crippen LogP contribution is 2.24. The molecule has 2 heterocycles. The molecule has 0 aromatic heterocycles. The van der Waals surface area contributed by atoms with Gasteiger partial charge in [0.05, 0.1) is 11.9 Å². The molecule has 2 aliphatic heterocycles. The van der Waals surface area contributed by atoms with Gasteiger partial charge in [-0.1, -0.05) is 13.0 Å². The predicted octanol–water partition coefficient (Wildman–Crippen LogP) is 2.08. The average molecular weight is 381 g/mol. The van der Waals surface area contributed by atoms with Gasteiger partial charge in [-0.2, -0.15) is 4.31 Å². The Morgan fingerprint density at radius 1 is 1.35 bits per heavy atom. The smallest absolute Gasteiger partial charge is 0.319 e. The summed E-state index contributed by atoms with van der Waals surface area (Å²) in [6, 6.07) is 5.43. The van der Waals surface area contributed by atoms with Gasteiger partial charge < -0.3 is 15.4 Å². The van der Waals surface area contributed by atoms with Crippen LogP contribution in [0.4, 0.5) is 10.5 Å². The molecule has 1 unspecified atom stereocenters. The summed E-state index contributed by atoms with van der Waals surface area (Å²) in [4.78, 5) is 12.1. The monoisotopic (exact) mass is 381 g/mol. The first-order valence-corrected chi connectivity index (χ1v) is 10.8. The van der Waals surface area contributed by atoms with E-state index in [9.17, 15) is 13.2 Å². The van der Waals surface area contributed by atoms with E-state index in [4.69, 9.17) is 4.74 Å².